The highest BCUT2D eigenvalue weighted by molar-refractivity contribution is 6.09. The van der Waals surface area contributed by atoms with Crippen LogP contribution in [0.1, 0.15) is 27.2 Å². The fourth-order valence-electron chi connectivity index (χ4n) is 2.46. The first-order valence-corrected chi connectivity index (χ1v) is 6.81. The van der Waals surface area contributed by atoms with E-state index in [9.17, 15) is 22.8 Å². The first kappa shape index (κ1) is 15.2. The Morgan fingerprint density at radius 1 is 1.13 bits per heavy atom. The van der Waals surface area contributed by atoms with Crippen molar-refractivity contribution in [2.45, 2.75) is 19.1 Å². The molecule has 7 heteroatoms. The maximum Gasteiger partial charge on any atom is 0.416 e. The molecule has 1 aliphatic rings. The van der Waals surface area contributed by atoms with Crippen molar-refractivity contribution in [3.05, 3.63) is 65.0 Å². The van der Waals surface area contributed by atoms with Gasteiger partial charge in [-0.25, -0.2) is 0 Å². The second-order valence-corrected chi connectivity index (χ2v) is 5.15. The zero-order valence-corrected chi connectivity index (χ0v) is 11.8. The van der Waals surface area contributed by atoms with Crippen LogP contribution >= 0.6 is 0 Å². The third-order valence-corrected chi connectivity index (χ3v) is 3.60. The monoisotopic (exact) mass is 320 g/mol. The van der Waals surface area contributed by atoms with Gasteiger partial charge in [0, 0.05) is 11.8 Å². The standard InChI is InChI=1S/C16H11F3N2O2/c17-16(18,19)11-4-5-13-10(7-11)8-14(22)21(15(13)23)9-12-3-1-2-6-20-12/h1-7H,8-9H2. The van der Waals surface area contributed by atoms with E-state index in [0.29, 0.717) is 5.69 Å². The van der Waals surface area contributed by atoms with Crippen molar-refractivity contribution in [1.29, 1.82) is 0 Å². The van der Waals surface area contributed by atoms with Crippen LogP contribution in [0.2, 0.25) is 0 Å². The Morgan fingerprint density at radius 2 is 1.91 bits per heavy atom. The highest BCUT2D eigenvalue weighted by Crippen LogP contribution is 2.32. The number of pyridine rings is 1. The Morgan fingerprint density at radius 3 is 2.57 bits per heavy atom. The van der Waals surface area contributed by atoms with E-state index in [4.69, 9.17) is 0 Å². The third kappa shape index (κ3) is 2.94. The number of aromatic nitrogens is 1. The summed E-state index contributed by atoms with van der Waals surface area (Å²) < 4.78 is 38.2. The van der Waals surface area contributed by atoms with Gasteiger partial charge in [-0.15, -0.1) is 0 Å². The molecule has 0 fully saturated rings. The number of alkyl halides is 3. The average Bonchev–Trinajstić information content (AvgIpc) is 2.51. The molecule has 2 heterocycles. The average molecular weight is 320 g/mol. The molecule has 2 aromatic rings. The van der Waals surface area contributed by atoms with Gasteiger partial charge in [-0.2, -0.15) is 13.2 Å². The summed E-state index contributed by atoms with van der Waals surface area (Å²) in [5, 5.41) is 0. The highest BCUT2D eigenvalue weighted by atomic mass is 19.4. The Hall–Kier alpha value is -2.70. The molecule has 23 heavy (non-hydrogen) atoms. The first-order chi connectivity index (χ1) is 10.9. The summed E-state index contributed by atoms with van der Waals surface area (Å²) in [6.45, 7) is -0.00102. The molecule has 3 rings (SSSR count). The lowest BCUT2D eigenvalue weighted by molar-refractivity contribution is -0.138. The molecule has 0 unspecified atom stereocenters. The van der Waals surface area contributed by atoms with Gasteiger partial charge in [0.2, 0.25) is 5.91 Å². The molecule has 118 valence electrons. The molecular weight excluding hydrogens is 309 g/mol. The molecule has 0 spiro atoms. The molecule has 4 nitrogen and oxygen atoms in total. The Balaban J connectivity index is 1.92. The molecule has 1 aliphatic heterocycles. The lowest BCUT2D eigenvalue weighted by Gasteiger charge is -2.27. The van der Waals surface area contributed by atoms with Crippen molar-refractivity contribution in [3.8, 4) is 0 Å². The van der Waals surface area contributed by atoms with Crippen LogP contribution in [-0.4, -0.2) is 21.7 Å². The fourth-order valence-corrected chi connectivity index (χ4v) is 2.46. The second-order valence-electron chi connectivity index (χ2n) is 5.15. The lowest BCUT2D eigenvalue weighted by atomic mass is 9.95. The zero-order valence-electron chi connectivity index (χ0n) is 11.8. The summed E-state index contributed by atoms with van der Waals surface area (Å²) in [6, 6.07) is 7.94. The summed E-state index contributed by atoms with van der Waals surface area (Å²) >= 11 is 0. The van der Waals surface area contributed by atoms with E-state index in [-0.39, 0.29) is 24.1 Å². The smallest absolute Gasteiger partial charge is 0.274 e. The van der Waals surface area contributed by atoms with E-state index in [1.54, 1.807) is 18.2 Å². The number of hydrogen-bond acceptors (Lipinski definition) is 3. The van der Waals surface area contributed by atoms with Crippen molar-refractivity contribution >= 4 is 11.8 Å². The topological polar surface area (TPSA) is 50.3 Å². The normalized spacial score (nSPS) is 14.8. The highest BCUT2D eigenvalue weighted by Gasteiger charge is 2.35. The molecule has 0 bridgehead atoms. The van der Waals surface area contributed by atoms with Crippen LogP contribution in [0.25, 0.3) is 0 Å². The summed E-state index contributed by atoms with van der Waals surface area (Å²) in [6.07, 6.45) is -3.21. The number of nitrogens with zero attached hydrogens (tertiary/aromatic N) is 2. The number of rotatable bonds is 2. The molecule has 0 saturated carbocycles. The predicted octanol–water partition coefficient (Wildman–Crippen LogP) is 2.83. The van der Waals surface area contributed by atoms with Crippen LogP contribution < -0.4 is 0 Å². The number of imide groups is 1. The lowest BCUT2D eigenvalue weighted by Crippen LogP contribution is -2.42. The predicted molar refractivity (Wildman–Crippen MR) is 74.3 cm³/mol. The van der Waals surface area contributed by atoms with E-state index in [1.807, 2.05) is 0 Å². The number of fused-ring (bicyclic) bond motifs is 1. The van der Waals surface area contributed by atoms with Gasteiger partial charge in [0.25, 0.3) is 5.91 Å². The minimum absolute atomic E-state index is 0.00102. The van der Waals surface area contributed by atoms with E-state index < -0.39 is 23.6 Å². The number of halogens is 3. The number of carbonyl (C=O) groups excluding carboxylic acids is 2. The van der Waals surface area contributed by atoms with Crippen molar-refractivity contribution in [2.24, 2.45) is 0 Å². The first-order valence-electron chi connectivity index (χ1n) is 6.81. The van der Waals surface area contributed by atoms with Gasteiger partial charge in [-0.3, -0.25) is 19.5 Å². The fraction of sp³-hybridized carbons (Fsp3) is 0.188. The van der Waals surface area contributed by atoms with Crippen LogP contribution in [0.15, 0.2) is 42.6 Å². The van der Waals surface area contributed by atoms with Gasteiger partial charge in [0.15, 0.2) is 0 Å². The minimum atomic E-state index is -4.51. The Labute approximate surface area is 129 Å². The van der Waals surface area contributed by atoms with Gasteiger partial charge >= 0.3 is 6.18 Å². The largest absolute Gasteiger partial charge is 0.416 e. The molecular formula is C16H11F3N2O2. The van der Waals surface area contributed by atoms with Gasteiger partial charge in [-0.05, 0) is 35.9 Å². The number of benzene rings is 1. The quantitative estimate of drug-likeness (QED) is 0.800. The van der Waals surface area contributed by atoms with E-state index in [0.717, 1.165) is 23.1 Å². The van der Waals surface area contributed by atoms with Crippen LogP contribution in [0.3, 0.4) is 0 Å². The Bertz CT molecular complexity index is 773. The van der Waals surface area contributed by atoms with Gasteiger partial charge in [-0.1, -0.05) is 6.07 Å². The maximum atomic E-state index is 12.7. The number of hydrogen-bond donors (Lipinski definition) is 0. The van der Waals surface area contributed by atoms with Crippen molar-refractivity contribution < 1.29 is 22.8 Å². The van der Waals surface area contributed by atoms with Crippen LogP contribution in [0.4, 0.5) is 13.2 Å². The zero-order chi connectivity index (χ0) is 16.6. The van der Waals surface area contributed by atoms with Crippen LogP contribution in [0.5, 0.6) is 0 Å². The minimum Gasteiger partial charge on any atom is -0.274 e. The molecule has 0 saturated heterocycles. The summed E-state index contributed by atoms with van der Waals surface area (Å²) in [4.78, 5) is 29.6. The Kier molecular flexibility index (Phi) is 3.63. The van der Waals surface area contributed by atoms with Crippen LogP contribution in [0, 0.1) is 0 Å². The summed E-state index contributed by atoms with van der Waals surface area (Å²) in [7, 11) is 0. The molecule has 0 atom stereocenters. The van der Waals surface area contributed by atoms with Crippen molar-refractivity contribution in [3.63, 3.8) is 0 Å². The second kappa shape index (κ2) is 5.49. The SMILES string of the molecule is O=C1Cc2cc(C(F)(F)F)ccc2C(=O)N1Cc1ccccn1. The van der Waals surface area contributed by atoms with Crippen LogP contribution in [-0.2, 0) is 23.9 Å². The van der Waals surface area contributed by atoms with E-state index >= 15 is 0 Å². The number of amides is 2. The molecule has 0 radical (unpaired) electrons. The van der Waals surface area contributed by atoms with Crippen molar-refractivity contribution in [2.75, 3.05) is 0 Å². The molecule has 1 aromatic heterocycles. The molecule has 2 amide bonds. The maximum absolute atomic E-state index is 12.7. The van der Waals surface area contributed by atoms with Gasteiger partial charge < -0.3 is 0 Å². The third-order valence-electron chi connectivity index (χ3n) is 3.60. The van der Waals surface area contributed by atoms with Gasteiger partial charge in [0.1, 0.15) is 0 Å². The number of carbonyl (C=O) groups is 2. The molecule has 0 aliphatic carbocycles. The summed E-state index contributed by atoms with van der Waals surface area (Å²) in [5.41, 5.74) is -0.111. The molecule has 0 N–H and O–H groups in total. The van der Waals surface area contributed by atoms with Gasteiger partial charge in [0.05, 0.1) is 24.2 Å². The summed E-state index contributed by atoms with van der Waals surface area (Å²) in [5.74, 6) is -1.14. The van der Waals surface area contributed by atoms with E-state index in [1.165, 1.54) is 6.20 Å². The van der Waals surface area contributed by atoms with Crippen molar-refractivity contribution in [1.82, 2.24) is 9.88 Å². The molecule has 1 aromatic carbocycles. The van der Waals surface area contributed by atoms with E-state index in [2.05, 4.69) is 4.98 Å².